The molecule has 1 aliphatic heterocycles. The summed E-state index contributed by atoms with van der Waals surface area (Å²) >= 11 is 0. The number of carboxylic acid groups (broad SMARTS) is 1. The Balaban J connectivity index is 1.86. The van der Waals surface area contributed by atoms with Crippen molar-refractivity contribution in [2.24, 2.45) is 0 Å². The number of halogens is 3. The van der Waals surface area contributed by atoms with Gasteiger partial charge in [0.15, 0.2) is 0 Å². The van der Waals surface area contributed by atoms with Gasteiger partial charge < -0.3 is 10.4 Å². The van der Waals surface area contributed by atoms with E-state index in [4.69, 9.17) is 5.11 Å². The Hall–Kier alpha value is -3.36. The van der Waals surface area contributed by atoms with Crippen molar-refractivity contribution in [3.8, 4) is 0 Å². The Morgan fingerprint density at radius 1 is 1.00 bits per heavy atom. The number of hydrogen-bond donors (Lipinski definition) is 2. The lowest BCUT2D eigenvalue weighted by Gasteiger charge is -2.24. The van der Waals surface area contributed by atoms with Gasteiger partial charge in [0.1, 0.15) is 0 Å². The molecule has 2 aromatic rings. The van der Waals surface area contributed by atoms with Crippen LogP contribution in [0.2, 0.25) is 0 Å². The van der Waals surface area contributed by atoms with Crippen LogP contribution in [0, 0.1) is 0 Å². The van der Waals surface area contributed by atoms with Crippen molar-refractivity contribution in [1.29, 1.82) is 0 Å². The summed E-state index contributed by atoms with van der Waals surface area (Å²) in [6.07, 6.45) is -6.42. The third-order valence-corrected chi connectivity index (χ3v) is 4.40. The van der Waals surface area contributed by atoms with E-state index >= 15 is 0 Å². The van der Waals surface area contributed by atoms with Gasteiger partial charge in [0, 0.05) is 0 Å². The molecule has 1 aliphatic rings. The first-order valence-electron chi connectivity index (χ1n) is 8.28. The van der Waals surface area contributed by atoms with Gasteiger partial charge in [-0.1, -0.05) is 30.3 Å². The van der Waals surface area contributed by atoms with Crippen molar-refractivity contribution >= 4 is 17.9 Å². The molecule has 0 radical (unpaired) electrons. The van der Waals surface area contributed by atoms with E-state index in [1.165, 1.54) is 30.3 Å². The van der Waals surface area contributed by atoms with E-state index in [9.17, 15) is 27.6 Å². The molecule has 2 aromatic carbocycles. The topological polar surface area (TPSA) is 86.7 Å². The summed E-state index contributed by atoms with van der Waals surface area (Å²) in [5.41, 5.74) is -0.672. The molecule has 0 aliphatic carbocycles. The minimum atomic E-state index is -4.61. The van der Waals surface area contributed by atoms with Gasteiger partial charge in [0.05, 0.1) is 29.3 Å². The number of nitrogens with one attached hydrogen (secondary N) is 1. The first-order chi connectivity index (χ1) is 13.2. The maximum absolute atomic E-state index is 13.2. The van der Waals surface area contributed by atoms with Gasteiger partial charge >= 0.3 is 12.3 Å². The first kappa shape index (κ1) is 19.4. The lowest BCUT2D eigenvalue weighted by Crippen LogP contribution is -2.46. The van der Waals surface area contributed by atoms with Gasteiger partial charge in [-0.3, -0.25) is 14.5 Å². The summed E-state index contributed by atoms with van der Waals surface area (Å²) in [6.45, 7) is -0.384. The lowest BCUT2D eigenvalue weighted by molar-refractivity contribution is -0.138. The monoisotopic (exact) mass is 392 g/mol. The molecule has 1 atom stereocenters. The van der Waals surface area contributed by atoms with Crippen LogP contribution in [-0.2, 0) is 12.6 Å². The van der Waals surface area contributed by atoms with E-state index in [0.29, 0.717) is 0 Å². The third kappa shape index (κ3) is 3.83. The van der Waals surface area contributed by atoms with E-state index in [1.807, 2.05) is 0 Å². The average molecular weight is 392 g/mol. The van der Waals surface area contributed by atoms with Crippen molar-refractivity contribution in [2.75, 3.05) is 6.54 Å². The highest BCUT2D eigenvalue weighted by Crippen LogP contribution is 2.32. The Labute approximate surface area is 157 Å². The number of carbonyl (C=O) groups is 3. The highest BCUT2D eigenvalue weighted by molar-refractivity contribution is 6.21. The van der Waals surface area contributed by atoms with Crippen LogP contribution in [0.3, 0.4) is 0 Å². The summed E-state index contributed by atoms with van der Waals surface area (Å²) in [5.74, 6) is -1.22. The number of nitrogens with zero attached hydrogens (tertiary/aromatic N) is 1. The largest absolute Gasteiger partial charge is 0.465 e. The van der Waals surface area contributed by atoms with E-state index in [2.05, 4.69) is 5.32 Å². The first-order valence-corrected chi connectivity index (χ1v) is 8.28. The van der Waals surface area contributed by atoms with Crippen LogP contribution in [0.4, 0.5) is 18.0 Å². The fourth-order valence-corrected chi connectivity index (χ4v) is 3.20. The molecule has 146 valence electrons. The van der Waals surface area contributed by atoms with E-state index < -0.39 is 35.7 Å². The van der Waals surface area contributed by atoms with E-state index in [1.54, 1.807) is 12.1 Å². The van der Waals surface area contributed by atoms with E-state index in [0.717, 1.165) is 11.0 Å². The minimum Gasteiger partial charge on any atom is -0.465 e. The quantitative estimate of drug-likeness (QED) is 0.766. The molecule has 0 fully saturated rings. The Morgan fingerprint density at radius 2 is 1.54 bits per heavy atom. The van der Waals surface area contributed by atoms with Crippen LogP contribution >= 0.6 is 0 Å². The Bertz CT molecular complexity index is 908. The molecule has 9 heteroatoms. The van der Waals surface area contributed by atoms with Crippen LogP contribution in [0.5, 0.6) is 0 Å². The number of hydrogen-bond acceptors (Lipinski definition) is 3. The zero-order chi connectivity index (χ0) is 20.5. The van der Waals surface area contributed by atoms with Gasteiger partial charge in [-0.05, 0) is 30.2 Å². The number of alkyl halides is 3. The van der Waals surface area contributed by atoms with Crippen LogP contribution in [0.1, 0.15) is 31.8 Å². The maximum atomic E-state index is 13.2. The summed E-state index contributed by atoms with van der Waals surface area (Å²) < 4.78 is 39.6. The molecular weight excluding hydrogens is 377 g/mol. The number of fused-ring (bicyclic) bond motifs is 1. The van der Waals surface area contributed by atoms with Crippen LogP contribution < -0.4 is 5.32 Å². The molecule has 2 N–H and O–H groups in total. The number of benzene rings is 2. The van der Waals surface area contributed by atoms with Crippen molar-refractivity contribution in [3.05, 3.63) is 70.8 Å². The molecule has 3 rings (SSSR count). The van der Waals surface area contributed by atoms with Crippen molar-refractivity contribution < 1.29 is 32.7 Å². The fraction of sp³-hybridized carbons (Fsp3) is 0.211. The number of amides is 3. The van der Waals surface area contributed by atoms with Crippen molar-refractivity contribution in [2.45, 2.75) is 18.6 Å². The van der Waals surface area contributed by atoms with Crippen molar-refractivity contribution in [3.63, 3.8) is 0 Å². The maximum Gasteiger partial charge on any atom is 0.416 e. The number of rotatable bonds is 5. The molecule has 0 aromatic heterocycles. The molecule has 0 saturated carbocycles. The lowest BCUT2D eigenvalue weighted by atomic mass is 9.99. The molecule has 0 bridgehead atoms. The molecular formula is C19H15F3N2O4. The predicted molar refractivity (Wildman–Crippen MR) is 91.9 cm³/mol. The van der Waals surface area contributed by atoms with Crippen LogP contribution in [0.25, 0.3) is 0 Å². The number of imide groups is 1. The van der Waals surface area contributed by atoms with Crippen LogP contribution in [-0.4, -0.2) is 40.5 Å². The second-order valence-corrected chi connectivity index (χ2v) is 6.27. The summed E-state index contributed by atoms with van der Waals surface area (Å²) in [4.78, 5) is 36.9. The highest BCUT2D eigenvalue weighted by atomic mass is 19.4. The molecule has 1 heterocycles. The molecule has 0 spiro atoms. The van der Waals surface area contributed by atoms with Gasteiger partial charge in [0.2, 0.25) is 0 Å². The van der Waals surface area contributed by atoms with Crippen molar-refractivity contribution in [1.82, 2.24) is 10.2 Å². The minimum absolute atomic E-state index is 0.134. The average Bonchev–Trinajstić information content (AvgIpc) is 2.86. The standard InChI is InChI=1S/C19H15F3N2O4/c20-19(21,22)15-8-4-1-5-11(15)9-12(23-18(27)28)10-24-16(25)13-6-2-3-7-14(13)17(24)26/h1-8,12,23H,9-10H2,(H,27,28)/t12-/m0/s1. The van der Waals surface area contributed by atoms with Gasteiger partial charge in [-0.25, -0.2) is 4.79 Å². The predicted octanol–water partition coefficient (Wildman–Crippen LogP) is 3.18. The summed E-state index contributed by atoms with van der Waals surface area (Å²) in [7, 11) is 0. The smallest absolute Gasteiger partial charge is 0.416 e. The Morgan fingerprint density at radius 3 is 2.07 bits per heavy atom. The van der Waals surface area contributed by atoms with Gasteiger partial charge in [-0.2, -0.15) is 13.2 Å². The highest BCUT2D eigenvalue weighted by Gasteiger charge is 2.38. The molecule has 6 nitrogen and oxygen atoms in total. The zero-order valence-corrected chi connectivity index (χ0v) is 14.4. The van der Waals surface area contributed by atoms with Crippen LogP contribution in [0.15, 0.2) is 48.5 Å². The second kappa shape index (κ2) is 7.34. The fourth-order valence-electron chi connectivity index (χ4n) is 3.20. The van der Waals surface area contributed by atoms with E-state index in [-0.39, 0.29) is 29.7 Å². The Kier molecular flexibility index (Phi) is 5.08. The number of carbonyl (C=O) groups excluding carboxylic acids is 2. The zero-order valence-electron chi connectivity index (χ0n) is 14.4. The summed E-state index contributed by atoms with van der Waals surface area (Å²) in [5, 5.41) is 11.2. The SMILES string of the molecule is O=C(O)N[C@@H](Cc1ccccc1C(F)(F)F)CN1C(=O)c2ccccc2C1=O. The van der Waals surface area contributed by atoms with Gasteiger partial charge in [-0.15, -0.1) is 0 Å². The van der Waals surface area contributed by atoms with Gasteiger partial charge in [0.25, 0.3) is 11.8 Å². The second-order valence-electron chi connectivity index (χ2n) is 6.27. The molecule has 28 heavy (non-hydrogen) atoms. The molecule has 0 saturated heterocycles. The molecule has 3 amide bonds. The normalized spacial score (nSPS) is 14.8. The summed E-state index contributed by atoms with van der Waals surface area (Å²) in [6, 6.07) is 9.77. The molecule has 0 unspecified atom stereocenters. The third-order valence-electron chi connectivity index (χ3n) is 4.40.